The van der Waals surface area contributed by atoms with Gasteiger partial charge in [-0.1, -0.05) is 23.8 Å². The smallest absolute Gasteiger partial charge is 0.336 e. The van der Waals surface area contributed by atoms with Crippen LogP contribution in [0.2, 0.25) is 0 Å². The average molecular weight is 294 g/mol. The van der Waals surface area contributed by atoms with Crippen LogP contribution in [0.25, 0.3) is 21.7 Å². The summed E-state index contributed by atoms with van der Waals surface area (Å²) in [6.07, 6.45) is 2.03. The highest BCUT2D eigenvalue weighted by atomic mass is 16.5. The molecule has 3 aromatic rings. The molecule has 0 radical (unpaired) electrons. The number of rotatable bonds is 3. The summed E-state index contributed by atoms with van der Waals surface area (Å²) in [4.78, 5) is 11.7. The van der Waals surface area contributed by atoms with Crippen molar-refractivity contribution >= 4 is 21.7 Å². The number of benzene rings is 2. The minimum absolute atomic E-state index is 0.326. The lowest BCUT2D eigenvalue weighted by Gasteiger charge is -2.10. The standard InChI is InChI=1S/C19H18O3/c1-12(2)9-10-21-17-6-4-5-16-15(17)8-7-14-13(3)11-18(20)22-19(14)16/h4-9,11H,10H2,1-3H3. The van der Waals surface area contributed by atoms with Crippen molar-refractivity contribution in [2.24, 2.45) is 0 Å². The minimum Gasteiger partial charge on any atom is -0.489 e. The monoisotopic (exact) mass is 294 g/mol. The first-order chi connectivity index (χ1) is 10.6. The lowest BCUT2D eigenvalue weighted by molar-refractivity contribution is 0.366. The lowest BCUT2D eigenvalue weighted by atomic mass is 10.0. The van der Waals surface area contributed by atoms with E-state index in [1.807, 2.05) is 57.2 Å². The van der Waals surface area contributed by atoms with Gasteiger partial charge in [-0.25, -0.2) is 4.79 Å². The normalized spacial score (nSPS) is 10.9. The Morgan fingerprint density at radius 3 is 2.68 bits per heavy atom. The van der Waals surface area contributed by atoms with Gasteiger partial charge in [0.15, 0.2) is 0 Å². The molecule has 3 heteroatoms. The molecule has 0 fully saturated rings. The largest absolute Gasteiger partial charge is 0.489 e. The molecular formula is C19H18O3. The Morgan fingerprint density at radius 2 is 1.91 bits per heavy atom. The van der Waals surface area contributed by atoms with Crippen molar-refractivity contribution in [1.82, 2.24) is 0 Å². The number of ether oxygens (including phenoxy) is 1. The van der Waals surface area contributed by atoms with Gasteiger partial charge in [0.25, 0.3) is 0 Å². The molecule has 0 bridgehead atoms. The van der Waals surface area contributed by atoms with E-state index in [0.717, 1.165) is 27.5 Å². The highest BCUT2D eigenvalue weighted by Crippen LogP contribution is 2.32. The van der Waals surface area contributed by atoms with Crippen LogP contribution < -0.4 is 10.4 Å². The van der Waals surface area contributed by atoms with Crippen molar-refractivity contribution in [2.75, 3.05) is 6.61 Å². The van der Waals surface area contributed by atoms with Crippen LogP contribution in [0.15, 0.2) is 57.3 Å². The quantitative estimate of drug-likeness (QED) is 0.402. The van der Waals surface area contributed by atoms with Gasteiger partial charge >= 0.3 is 5.63 Å². The first-order valence-corrected chi connectivity index (χ1v) is 7.28. The van der Waals surface area contributed by atoms with Crippen LogP contribution in [0.1, 0.15) is 19.4 Å². The van der Waals surface area contributed by atoms with E-state index in [1.165, 1.54) is 11.6 Å². The molecule has 3 rings (SSSR count). The van der Waals surface area contributed by atoms with Crippen molar-refractivity contribution < 1.29 is 9.15 Å². The zero-order valence-corrected chi connectivity index (χ0v) is 13.0. The molecule has 112 valence electrons. The van der Waals surface area contributed by atoms with Crippen LogP contribution >= 0.6 is 0 Å². The number of hydrogen-bond acceptors (Lipinski definition) is 3. The molecule has 22 heavy (non-hydrogen) atoms. The summed E-state index contributed by atoms with van der Waals surface area (Å²) in [5.74, 6) is 0.793. The Balaban J connectivity index is 2.19. The Bertz CT molecular complexity index is 928. The maximum absolute atomic E-state index is 11.7. The van der Waals surface area contributed by atoms with Gasteiger partial charge < -0.3 is 9.15 Å². The molecule has 1 heterocycles. The van der Waals surface area contributed by atoms with Crippen LogP contribution in [0.5, 0.6) is 5.75 Å². The van der Waals surface area contributed by atoms with Gasteiger partial charge in [-0.3, -0.25) is 0 Å². The molecular weight excluding hydrogens is 276 g/mol. The third-order valence-corrected chi connectivity index (χ3v) is 3.66. The van der Waals surface area contributed by atoms with Crippen LogP contribution in [0.4, 0.5) is 0 Å². The van der Waals surface area contributed by atoms with E-state index in [0.29, 0.717) is 12.2 Å². The third kappa shape index (κ3) is 2.62. The predicted octanol–water partition coefficient (Wildman–Crippen LogP) is 4.60. The fraction of sp³-hybridized carbons (Fsp3) is 0.211. The minimum atomic E-state index is -0.326. The van der Waals surface area contributed by atoms with Crippen molar-refractivity contribution in [3.63, 3.8) is 0 Å². The number of hydrogen-bond donors (Lipinski definition) is 0. The van der Waals surface area contributed by atoms with E-state index in [9.17, 15) is 4.79 Å². The molecule has 0 aliphatic rings. The molecule has 0 atom stereocenters. The van der Waals surface area contributed by atoms with E-state index in [2.05, 4.69) is 0 Å². The molecule has 0 amide bonds. The summed E-state index contributed by atoms with van der Waals surface area (Å²) >= 11 is 0. The van der Waals surface area contributed by atoms with Gasteiger partial charge in [0.05, 0.1) is 0 Å². The molecule has 0 aliphatic carbocycles. The van der Waals surface area contributed by atoms with Gasteiger partial charge in [-0.05, 0) is 44.5 Å². The lowest BCUT2D eigenvalue weighted by Crippen LogP contribution is -1.99. The van der Waals surface area contributed by atoms with Crippen molar-refractivity contribution in [3.8, 4) is 5.75 Å². The van der Waals surface area contributed by atoms with Crippen LogP contribution in [-0.2, 0) is 0 Å². The SMILES string of the molecule is CC(C)=CCOc1cccc2c1ccc1c(C)cc(=O)oc12. The predicted molar refractivity (Wildman–Crippen MR) is 89.7 cm³/mol. The number of allylic oxidation sites excluding steroid dienone is 1. The van der Waals surface area contributed by atoms with Gasteiger partial charge in [0, 0.05) is 22.2 Å². The zero-order valence-electron chi connectivity index (χ0n) is 13.0. The Labute approximate surface area is 128 Å². The molecule has 3 nitrogen and oxygen atoms in total. The number of fused-ring (bicyclic) bond motifs is 3. The Morgan fingerprint density at radius 1 is 1.14 bits per heavy atom. The van der Waals surface area contributed by atoms with Crippen molar-refractivity contribution in [3.05, 3.63) is 64.0 Å². The highest BCUT2D eigenvalue weighted by molar-refractivity contribution is 6.07. The topological polar surface area (TPSA) is 39.4 Å². The molecule has 0 saturated heterocycles. The number of aryl methyl sites for hydroxylation is 1. The van der Waals surface area contributed by atoms with Gasteiger partial charge in [-0.15, -0.1) is 0 Å². The zero-order chi connectivity index (χ0) is 15.7. The Hall–Kier alpha value is -2.55. The second-order valence-electron chi connectivity index (χ2n) is 5.63. The first kappa shape index (κ1) is 14.4. The van der Waals surface area contributed by atoms with Crippen LogP contribution in [0, 0.1) is 6.92 Å². The summed E-state index contributed by atoms with van der Waals surface area (Å²) in [5, 5.41) is 2.80. The van der Waals surface area contributed by atoms with Crippen LogP contribution in [-0.4, -0.2) is 6.61 Å². The first-order valence-electron chi connectivity index (χ1n) is 7.28. The molecule has 0 N–H and O–H groups in total. The van der Waals surface area contributed by atoms with E-state index in [1.54, 1.807) is 0 Å². The van der Waals surface area contributed by atoms with E-state index >= 15 is 0 Å². The van der Waals surface area contributed by atoms with E-state index in [-0.39, 0.29) is 5.63 Å². The fourth-order valence-corrected chi connectivity index (χ4v) is 2.53. The molecule has 0 unspecified atom stereocenters. The second kappa shape index (κ2) is 5.68. The second-order valence-corrected chi connectivity index (χ2v) is 5.63. The molecule has 2 aromatic carbocycles. The fourth-order valence-electron chi connectivity index (χ4n) is 2.53. The summed E-state index contributed by atoms with van der Waals surface area (Å²) in [7, 11) is 0. The Kier molecular flexibility index (Phi) is 3.72. The maximum atomic E-state index is 11.7. The molecule has 0 spiro atoms. The third-order valence-electron chi connectivity index (χ3n) is 3.66. The van der Waals surface area contributed by atoms with Gasteiger partial charge in [0.2, 0.25) is 0 Å². The van der Waals surface area contributed by atoms with Crippen molar-refractivity contribution in [2.45, 2.75) is 20.8 Å². The van der Waals surface area contributed by atoms with Gasteiger partial charge in [0.1, 0.15) is 17.9 Å². The summed E-state index contributed by atoms with van der Waals surface area (Å²) in [5.41, 5.74) is 2.43. The summed E-state index contributed by atoms with van der Waals surface area (Å²) < 4.78 is 11.3. The molecule has 0 saturated carbocycles. The maximum Gasteiger partial charge on any atom is 0.336 e. The summed E-state index contributed by atoms with van der Waals surface area (Å²) in [6.45, 7) is 6.52. The summed E-state index contributed by atoms with van der Waals surface area (Å²) in [6, 6.07) is 11.3. The highest BCUT2D eigenvalue weighted by Gasteiger charge is 2.09. The van der Waals surface area contributed by atoms with E-state index in [4.69, 9.17) is 9.15 Å². The van der Waals surface area contributed by atoms with Crippen LogP contribution in [0.3, 0.4) is 0 Å². The van der Waals surface area contributed by atoms with Crippen molar-refractivity contribution in [1.29, 1.82) is 0 Å². The van der Waals surface area contributed by atoms with E-state index < -0.39 is 0 Å². The molecule has 1 aromatic heterocycles. The van der Waals surface area contributed by atoms with Gasteiger partial charge in [-0.2, -0.15) is 0 Å². The molecule has 0 aliphatic heterocycles. The average Bonchev–Trinajstić information content (AvgIpc) is 2.46.